The molecule has 0 aliphatic heterocycles. The molecular formula is C9H11N5. The molecule has 0 unspecified atom stereocenters. The van der Waals surface area contributed by atoms with Gasteiger partial charge in [0.2, 0.25) is 0 Å². The third-order valence-corrected chi connectivity index (χ3v) is 1.87. The second kappa shape index (κ2) is 3.78. The Morgan fingerprint density at radius 1 is 1.36 bits per heavy atom. The van der Waals surface area contributed by atoms with Gasteiger partial charge in [0.05, 0.1) is 17.9 Å². The molecule has 1 heterocycles. The van der Waals surface area contributed by atoms with Crippen molar-refractivity contribution in [2.75, 3.05) is 11.1 Å². The van der Waals surface area contributed by atoms with E-state index in [0.29, 0.717) is 6.54 Å². The van der Waals surface area contributed by atoms with Crippen molar-refractivity contribution in [3.05, 3.63) is 36.4 Å². The summed E-state index contributed by atoms with van der Waals surface area (Å²) in [6, 6.07) is 7.60. The summed E-state index contributed by atoms with van der Waals surface area (Å²) < 4.78 is 0. The molecule has 14 heavy (non-hydrogen) atoms. The minimum atomic E-state index is 0.591. The maximum atomic E-state index is 5.75. The van der Waals surface area contributed by atoms with Crippen LogP contribution in [0.2, 0.25) is 0 Å². The Kier molecular flexibility index (Phi) is 2.31. The molecule has 0 aliphatic rings. The second-order valence-corrected chi connectivity index (χ2v) is 2.87. The summed E-state index contributed by atoms with van der Waals surface area (Å²) in [4.78, 5) is 3.99. The van der Waals surface area contributed by atoms with E-state index in [1.54, 1.807) is 0 Å². The van der Waals surface area contributed by atoms with Crippen molar-refractivity contribution in [2.24, 2.45) is 0 Å². The van der Waals surface area contributed by atoms with Crippen LogP contribution in [0, 0.1) is 0 Å². The fourth-order valence-electron chi connectivity index (χ4n) is 1.15. The highest BCUT2D eigenvalue weighted by molar-refractivity contribution is 5.65. The van der Waals surface area contributed by atoms with Gasteiger partial charge in [-0.1, -0.05) is 12.1 Å². The minimum absolute atomic E-state index is 0.591. The lowest BCUT2D eigenvalue weighted by Gasteiger charge is -2.06. The van der Waals surface area contributed by atoms with Gasteiger partial charge in [0, 0.05) is 0 Å². The van der Waals surface area contributed by atoms with E-state index >= 15 is 0 Å². The van der Waals surface area contributed by atoms with Crippen LogP contribution in [0.3, 0.4) is 0 Å². The van der Waals surface area contributed by atoms with Gasteiger partial charge >= 0.3 is 0 Å². The topological polar surface area (TPSA) is 79.6 Å². The number of aromatic nitrogens is 3. The fraction of sp³-hybridized carbons (Fsp3) is 0.111. The molecule has 2 aromatic rings. The number of H-pyrrole nitrogens is 1. The summed E-state index contributed by atoms with van der Waals surface area (Å²) in [6.45, 7) is 0.591. The van der Waals surface area contributed by atoms with E-state index in [0.717, 1.165) is 17.2 Å². The monoisotopic (exact) mass is 189 g/mol. The molecule has 0 saturated carbocycles. The van der Waals surface area contributed by atoms with Crippen molar-refractivity contribution in [2.45, 2.75) is 6.54 Å². The van der Waals surface area contributed by atoms with Crippen LogP contribution in [0.1, 0.15) is 5.82 Å². The third-order valence-electron chi connectivity index (χ3n) is 1.87. The number of aromatic amines is 1. The normalized spacial score (nSPS) is 10.0. The number of nitrogen functional groups attached to an aromatic ring is 1. The molecule has 0 atom stereocenters. The number of para-hydroxylation sites is 2. The van der Waals surface area contributed by atoms with Gasteiger partial charge in [-0.25, -0.2) is 4.98 Å². The first kappa shape index (κ1) is 8.55. The minimum Gasteiger partial charge on any atom is -0.397 e. The summed E-state index contributed by atoms with van der Waals surface area (Å²) in [6.07, 6.45) is 1.48. The lowest BCUT2D eigenvalue weighted by atomic mass is 10.3. The van der Waals surface area contributed by atoms with E-state index in [1.807, 2.05) is 24.3 Å². The smallest absolute Gasteiger partial charge is 0.143 e. The summed E-state index contributed by atoms with van der Waals surface area (Å²) in [5, 5.41) is 9.67. The maximum absolute atomic E-state index is 5.75. The Bertz CT molecular complexity index is 395. The Balaban J connectivity index is 2.02. The summed E-state index contributed by atoms with van der Waals surface area (Å²) in [5.74, 6) is 0.785. The van der Waals surface area contributed by atoms with Crippen LogP contribution >= 0.6 is 0 Å². The van der Waals surface area contributed by atoms with Crippen molar-refractivity contribution >= 4 is 11.4 Å². The van der Waals surface area contributed by atoms with E-state index in [4.69, 9.17) is 5.73 Å². The SMILES string of the molecule is Nc1ccccc1NCc1ncn[nH]1. The van der Waals surface area contributed by atoms with Crippen molar-refractivity contribution in [3.63, 3.8) is 0 Å². The van der Waals surface area contributed by atoms with Crippen LogP contribution in [-0.4, -0.2) is 15.2 Å². The maximum Gasteiger partial charge on any atom is 0.143 e. The van der Waals surface area contributed by atoms with E-state index in [2.05, 4.69) is 20.5 Å². The number of hydrogen-bond acceptors (Lipinski definition) is 4. The molecule has 5 nitrogen and oxygen atoms in total. The Hall–Kier alpha value is -2.04. The lowest BCUT2D eigenvalue weighted by Crippen LogP contribution is -2.03. The zero-order valence-electron chi connectivity index (χ0n) is 7.57. The lowest BCUT2D eigenvalue weighted by molar-refractivity contribution is 0.955. The summed E-state index contributed by atoms with van der Waals surface area (Å²) in [5.41, 5.74) is 7.39. The van der Waals surface area contributed by atoms with Crippen molar-refractivity contribution in [1.29, 1.82) is 0 Å². The predicted octanol–water partition coefficient (Wildman–Crippen LogP) is 0.999. The second-order valence-electron chi connectivity index (χ2n) is 2.87. The molecule has 5 heteroatoms. The van der Waals surface area contributed by atoms with Crippen molar-refractivity contribution in [1.82, 2.24) is 15.2 Å². The number of nitrogens with two attached hydrogens (primary N) is 1. The zero-order valence-corrected chi connectivity index (χ0v) is 7.57. The Morgan fingerprint density at radius 3 is 2.93 bits per heavy atom. The van der Waals surface area contributed by atoms with Crippen LogP contribution in [0.15, 0.2) is 30.6 Å². The molecule has 72 valence electrons. The van der Waals surface area contributed by atoms with Gasteiger partial charge in [-0.15, -0.1) is 0 Å². The third kappa shape index (κ3) is 1.82. The Morgan fingerprint density at radius 2 is 2.21 bits per heavy atom. The van der Waals surface area contributed by atoms with Gasteiger partial charge in [-0.3, -0.25) is 5.10 Å². The van der Waals surface area contributed by atoms with Gasteiger partial charge in [0.15, 0.2) is 0 Å². The predicted molar refractivity (Wildman–Crippen MR) is 54.6 cm³/mol. The molecule has 2 rings (SSSR count). The fourth-order valence-corrected chi connectivity index (χ4v) is 1.15. The molecule has 0 saturated heterocycles. The van der Waals surface area contributed by atoms with Gasteiger partial charge in [0.1, 0.15) is 12.2 Å². The number of anilines is 2. The summed E-state index contributed by atoms with van der Waals surface area (Å²) >= 11 is 0. The highest BCUT2D eigenvalue weighted by Gasteiger charge is 1.98. The molecule has 0 bridgehead atoms. The average Bonchev–Trinajstić information content (AvgIpc) is 2.69. The molecule has 0 aliphatic carbocycles. The summed E-state index contributed by atoms with van der Waals surface area (Å²) in [7, 11) is 0. The van der Waals surface area contributed by atoms with Gasteiger partial charge in [0.25, 0.3) is 0 Å². The van der Waals surface area contributed by atoms with Crippen LogP contribution in [0.5, 0.6) is 0 Å². The molecule has 0 fully saturated rings. The molecular weight excluding hydrogens is 178 g/mol. The largest absolute Gasteiger partial charge is 0.397 e. The van der Waals surface area contributed by atoms with Crippen LogP contribution in [-0.2, 0) is 6.54 Å². The van der Waals surface area contributed by atoms with E-state index in [1.165, 1.54) is 6.33 Å². The van der Waals surface area contributed by atoms with Crippen molar-refractivity contribution in [3.8, 4) is 0 Å². The quantitative estimate of drug-likeness (QED) is 0.629. The molecule has 1 aromatic heterocycles. The van der Waals surface area contributed by atoms with Crippen LogP contribution in [0.4, 0.5) is 11.4 Å². The van der Waals surface area contributed by atoms with Crippen molar-refractivity contribution < 1.29 is 0 Å². The molecule has 0 spiro atoms. The average molecular weight is 189 g/mol. The number of nitrogens with one attached hydrogen (secondary N) is 2. The van der Waals surface area contributed by atoms with E-state index in [-0.39, 0.29) is 0 Å². The number of nitrogens with zero attached hydrogens (tertiary/aromatic N) is 2. The number of benzene rings is 1. The molecule has 1 aromatic carbocycles. The molecule has 0 radical (unpaired) electrons. The van der Waals surface area contributed by atoms with E-state index < -0.39 is 0 Å². The van der Waals surface area contributed by atoms with Crippen LogP contribution < -0.4 is 11.1 Å². The van der Waals surface area contributed by atoms with E-state index in [9.17, 15) is 0 Å². The zero-order chi connectivity index (χ0) is 9.80. The molecule has 0 amide bonds. The van der Waals surface area contributed by atoms with Gasteiger partial charge in [-0.2, -0.15) is 5.10 Å². The van der Waals surface area contributed by atoms with Gasteiger partial charge < -0.3 is 11.1 Å². The first-order chi connectivity index (χ1) is 6.86. The van der Waals surface area contributed by atoms with Gasteiger partial charge in [-0.05, 0) is 12.1 Å². The standard InChI is InChI=1S/C9H11N5/c10-7-3-1-2-4-8(7)11-5-9-12-6-13-14-9/h1-4,6,11H,5,10H2,(H,12,13,14). The first-order valence-corrected chi connectivity index (χ1v) is 4.29. The highest BCUT2D eigenvalue weighted by Crippen LogP contribution is 2.16. The number of hydrogen-bond donors (Lipinski definition) is 3. The van der Waals surface area contributed by atoms with Crippen LogP contribution in [0.25, 0.3) is 0 Å². The number of rotatable bonds is 3. The molecule has 4 N–H and O–H groups in total. The first-order valence-electron chi connectivity index (χ1n) is 4.29. The highest BCUT2D eigenvalue weighted by atomic mass is 15.2. The Labute approximate surface area is 81.4 Å².